The summed E-state index contributed by atoms with van der Waals surface area (Å²) in [4.78, 5) is 11.5. The number of carbonyl (C=O) groups is 1. The van der Waals surface area contributed by atoms with Gasteiger partial charge in [-0.25, -0.2) is 0 Å². The molecule has 0 aliphatic heterocycles. The summed E-state index contributed by atoms with van der Waals surface area (Å²) in [5, 5.41) is -0.418. The van der Waals surface area contributed by atoms with Gasteiger partial charge in [0.25, 0.3) is 0 Å². The van der Waals surface area contributed by atoms with Crippen LogP contribution in [-0.2, 0) is 4.79 Å². The van der Waals surface area contributed by atoms with E-state index < -0.39 is 23.6 Å². The van der Waals surface area contributed by atoms with Crippen molar-refractivity contribution in [2.45, 2.75) is 37.6 Å². The molecule has 0 radical (unpaired) electrons. The van der Waals surface area contributed by atoms with Gasteiger partial charge in [0.2, 0.25) is 0 Å². The highest BCUT2D eigenvalue weighted by Gasteiger charge is 2.41. The topological polar surface area (TPSA) is 17.1 Å². The molecule has 0 unspecified atom stereocenters. The van der Waals surface area contributed by atoms with E-state index >= 15 is 0 Å². The van der Waals surface area contributed by atoms with Gasteiger partial charge in [-0.15, -0.1) is 0 Å². The van der Waals surface area contributed by atoms with E-state index in [9.17, 15) is 18.0 Å². The van der Waals surface area contributed by atoms with Gasteiger partial charge < -0.3 is 0 Å². The first kappa shape index (κ1) is 15.1. The van der Waals surface area contributed by atoms with Crippen molar-refractivity contribution < 1.29 is 18.0 Å². The van der Waals surface area contributed by atoms with Gasteiger partial charge >= 0.3 is 6.18 Å². The van der Waals surface area contributed by atoms with Crippen LogP contribution in [-0.4, -0.2) is 16.5 Å². The highest BCUT2D eigenvalue weighted by Crippen LogP contribution is 2.38. The van der Waals surface area contributed by atoms with Gasteiger partial charge in [0, 0.05) is 11.7 Å². The fourth-order valence-corrected chi connectivity index (χ4v) is 2.37. The maximum atomic E-state index is 12.9. The molecule has 0 spiro atoms. The molecule has 0 aliphatic rings. The van der Waals surface area contributed by atoms with Crippen molar-refractivity contribution in [3.8, 4) is 0 Å². The summed E-state index contributed by atoms with van der Waals surface area (Å²) < 4.78 is 38.8. The summed E-state index contributed by atoms with van der Waals surface area (Å²) in [6, 6.07) is 7.57. The van der Waals surface area contributed by atoms with Crippen LogP contribution >= 0.6 is 11.8 Å². The lowest BCUT2D eigenvalue weighted by molar-refractivity contribution is -0.154. The summed E-state index contributed by atoms with van der Waals surface area (Å²) in [5.41, 5.74) is 0.141. The molecule has 0 fully saturated rings. The Balaban J connectivity index is 2.85. The van der Waals surface area contributed by atoms with E-state index in [0.717, 1.165) is 11.8 Å². The molecule has 0 amide bonds. The van der Waals surface area contributed by atoms with E-state index in [1.807, 2.05) is 0 Å². The molecule has 1 aromatic carbocycles. The largest absolute Gasteiger partial charge is 0.396 e. The van der Waals surface area contributed by atoms with Crippen molar-refractivity contribution in [1.29, 1.82) is 0 Å². The Morgan fingerprint density at radius 1 is 1.22 bits per heavy atom. The Labute approximate surface area is 109 Å². The number of hydrogen-bond donors (Lipinski definition) is 0. The molecular weight excluding hydrogens is 261 g/mol. The number of hydrogen-bond acceptors (Lipinski definition) is 2. The molecule has 0 N–H and O–H groups in total. The van der Waals surface area contributed by atoms with Crippen molar-refractivity contribution in [3.63, 3.8) is 0 Å². The fourth-order valence-electron chi connectivity index (χ4n) is 1.59. The monoisotopic (exact) mass is 276 g/mol. The van der Waals surface area contributed by atoms with Crippen LogP contribution in [0.15, 0.2) is 30.3 Å². The third-order valence-corrected chi connectivity index (χ3v) is 3.24. The second kappa shape index (κ2) is 6.27. The standard InChI is InChI=1S/C13H15F3OS/c1-9(2)18-12(17)8-11(13(14,15)16)10-6-4-3-5-7-10/h3-7,9,11H,8H2,1-2H3/t11-/m0/s1. The molecule has 0 bridgehead atoms. The predicted molar refractivity (Wildman–Crippen MR) is 67.6 cm³/mol. The van der Waals surface area contributed by atoms with E-state index in [1.165, 1.54) is 12.1 Å². The molecule has 1 nitrogen and oxygen atoms in total. The Kier molecular flexibility index (Phi) is 5.26. The summed E-state index contributed by atoms with van der Waals surface area (Å²) in [6.45, 7) is 3.57. The summed E-state index contributed by atoms with van der Waals surface area (Å²) in [6.07, 6.45) is -4.90. The zero-order valence-corrected chi connectivity index (χ0v) is 11.0. The van der Waals surface area contributed by atoms with E-state index in [1.54, 1.807) is 32.0 Å². The molecule has 1 rings (SSSR count). The Morgan fingerprint density at radius 2 is 1.78 bits per heavy atom. The number of halogens is 3. The Hall–Kier alpha value is -0.970. The summed E-state index contributed by atoms with van der Waals surface area (Å²) >= 11 is 0.955. The lowest BCUT2D eigenvalue weighted by atomic mass is 9.96. The van der Waals surface area contributed by atoms with Gasteiger partial charge in [0.1, 0.15) is 0 Å². The van der Waals surface area contributed by atoms with Gasteiger partial charge in [-0.1, -0.05) is 55.9 Å². The van der Waals surface area contributed by atoms with Crippen LogP contribution in [0, 0.1) is 0 Å². The number of rotatable bonds is 4. The third-order valence-electron chi connectivity index (χ3n) is 2.33. The van der Waals surface area contributed by atoms with Gasteiger partial charge in [0.05, 0.1) is 5.92 Å². The molecule has 0 saturated carbocycles. The Bertz CT molecular complexity index is 387. The minimum Gasteiger partial charge on any atom is -0.287 e. The van der Waals surface area contributed by atoms with Crippen LogP contribution in [0.25, 0.3) is 0 Å². The van der Waals surface area contributed by atoms with Crippen molar-refractivity contribution in [3.05, 3.63) is 35.9 Å². The van der Waals surface area contributed by atoms with Gasteiger partial charge in [-0.05, 0) is 5.56 Å². The normalized spacial score (nSPS) is 13.7. The number of thioether (sulfide) groups is 1. The maximum absolute atomic E-state index is 12.9. The molecule has 1 aromatic rings. The molecule has 18 heavy (non-hydrogen) atoms. The minimum absolute atomic E-state index is 0.00200. The van der Waals surface area contributed by atoms with Crippen molar-refractivity contribution in [2.24, 2.45) is 0 Å². The smallest absolute Gasteiger partial charge is 0.287 e. The molecule has 5 heteroatoms. The second-order valence-corrected chi connectivity index (χ2v) is 5.88. The average molecular weight is 276 g/mol. The van der Waals surface area contributed by atoms with Crippen LogP contribution in [0.1, 0.15) is 31.7 Å². The SMILES string of the molecule is CC(C)SC(=O)C[C@@H](c1ccccc1)C(F)(F)F. The Morgan fingerprint density at radius 3 is 2.22 bits per heavy atom. The van der Waals surface area contributed by atoms with Gasteiger partial charge in [0.15, 0.2) is 5.12 Å². The third kappa shape index (κ3) is 4.72. The van der Waals surface area contributed by atoms with Crippen LogP contribution in [0.5, 0.6) is 0 Å². The van der Waals surface area contributed by atoms with E-state index in [-0.39, 0.29) is 10.8 Å². The fraction of sp³-hybridized carbons (Fsp3) is 0.462. The minimum atomic E-state index is -4.39. The van der Waals surface area contributed by atoms with Gasteiger partial charge in [-0.2, -0.15) is 13.2 Å². The van der Waals surface area contributed by atoms with E-state index in [4.69, 9.17) is 0 Å². The first-order chi connectivity index (χ1) is 8.30. The highest BCUT2D eigenvalue weighted by atomic mass is 32.2. The molecule has 100 valence electrons. The number of alkyl halides is 3. The first-order valence-corrected chi connectivity index (χ1v) is 6.50. The van der Waals surface area contributed by atoms with Crippen LogP contribution in [0.2, 0.25) is 0 Å². The number of benzene rings is 1. The predicted octanol–water partition coefficient (Wildman–Crippen LogP) is 4.39. The van der Waals surface area contributed by atoms with Crippen LogP contribution < -0.4 is 0 Å². The lowest BCUT2D eigenvalue weighted by Gasteiger charge is -2.20. The highest BCUT2D eigenvalue weighted by molar-refractivity contribution is 8.14. The van der Waals surface area contributed by atoms with Crippen molar-refractivity contribution in [2.75, 3.05) is 0 Å². The molecular formula is C13H15F3OS. The van der Waals surface area contributed by atoms with Crippen LogP contribution in [0.3, 0.4) is 0 Å². The molecule has 1 atom stereocenters. The quantitative estimate of drug-likeness (QED) is 0.811. The first-order valence-electron chi connectivity index (χ1n) is 5.62. The van der Waals surface area contributed by atoms with Gasteiger partial charge in [-0.3, -0.25) is 4.79 Å². The van der Waals surface area contributed by atoms with Crippen molar-refractivity contribution in [1.82, 2.24) is 0 Å². The molecule has 0 heterocycles. The second-order valence-electron chi connectivity index (χ2n) is 4.25. The molecule has 0 aliphatic carbocycles. The van der Waals surface area contributed by atoms with E-state index in [0.29, 0.717) is 0 Å². The van der Waals surface area contributed by atoms with E-state index in [2.05, 4.69) is 0 Å². The van der Waals surface area contributed by atoms with Crippen molar-refractivity contribution >= 4 is 16.9 Å². The molecule has 0 aromatic heterocycles. The zero-order chi connectivity index (χ0) is 13.8. The molecule has 0 saturated heterocycles. The summed E-state index contributed by atoms with van der Waals surface area (Å²) in [5.74, 6) is -1.71. The zero-order valence-electron chi connectivity index (χ0n) is 10.2. The van der Waals surface area contributed by atoms with Crippen LogP contribution in [0.4, 0.5) is 13.2 Å². The number of carbonyl (C=O) groups excluding carboxylic acids is 1. The maximum Gasteiger partial charge on any atom is 0.396 e. The summed E-state index contributed by atoms with van der Waals surface area (Å²) in [7, 11) is 0. The lowest BCUT2D eigenvalue weighted by Crippen LogP contribution is -2.23. The average Bonchev–Trinajstić information content (AvgIpc) is 2.24.